The van der Waals surface area contributed by atoms with Gasteiger partial charge in [0.25, 0.3) is 0 Å². The van der Waals surface area contributed by atoms with Gasteiger partial charge >= 0.3 is 12.0 Å². The zero-order valence-electron chi connectivity index (χ0n) is 10.6. The lowest BCUT2D eigenvalue weighted by atomic mass is 10.2. The Hall–Kier alpha value is -2.24. The van der Waals surface area contributed by atoms with Crippen molar-refractivity contribution < 1.29 is 14.7 Å². The Kier molecular flexibility index (Phi) is 4.67. The van der Waals surface area contributed by atoms with Crippen LogP contribution in [0.1, 0.15) is 10.4 Å². The minimum Gasteiger partial charge on any atom is -0.478 e. The Labute approximate surface area is 130 Å². The van der Waals surface area contributed by atoms with E-state index in [9.17, 15) is 9.59 Å². The molecule has 0 aliphatic heterocycles. The fourth-order valence-corrected chi connectivity index (χ4v) is 1.99. The molecule has 0 spiro atoms. The zero-order chi connectivity index (χ0) is 15.4. The number of hydrogen-bond acceptors (Lipinski definition) is 2. The van der Waals surface area contributed by atoms with Crippen molar-refractivity contribution in [1.29, 1.82) is 0 Å². The van der Waals surface area contributed by atoms with Crippen LogP contribution in [0.25, 0.3) is 0 Å². The van der Waals surface area contributed by atoms with Gasteiger partial charge in [-0.25, -0.2) is 9.59 Å². The molecule has 7 heteroatoms. The number of hydrogen-bond donors (Lipinski definition) is 3. The summed E-state index contributed by atoms with van der Waals surface area (Å²) < 4.78 is 0. The first-order chi connectivity index (χ1) is 9.97. The van der Waals surface area contributed by atoms with Crippen molar-refractivity contribution >= 4 is 46.6 Å². The van der Waals surface area contributed by atoms with Crippen molar-refractivity contribution in [3.05, 3.63) is 58.1 Å². The summed E-state index contributed by atoms with van der Waals surface area (Å²) in [5.74, 6) is -1.18. The monoisotopic (exact) mass is 324 g/mol. The number of nitrogens with one attached hydrogen (secondary N) is 2. The maximum atomic E-state index is 11.9. The summed E-state index contributed by atoms with van der Waals surface area (Å²) in [6, 6.07) is 10.2. The summed E-state index contributed by atoms with van der Waals surface area (Å²) in [4.78, 5) is 23.0. The van der Waals surface area contributed by atoms with E-state index in [0.29, 0.717) is 10.7 Å². The second kappa shape index (κ2) is 6.47. The number of benzene rings is 2. The molecular formula is C14H10Cl2N2O3. The molecule has 0 aromatic heterocycles. The van der Waals surface area contributed by atoms with Crippen molar-refractivity contribution in [3.8, 4) is 0 Å². The molecule has 0 fully saturated rings. The first-order valence-electron chi connectivity index (χ1n) is 5.83. The Balaban J connectivity index is 2.16. The lowest BCUT2D eigenvalue weighted by Gasteiger charge is -2.11. The van der Waals surface area contributed by atoms with Gasteiger partial charge in [0.05, 0.1) is 16.3 Å². The fourth-order valence-electron chi connectivity index (χ4n) is 1.64. The second-order valence-corrected chi connectivity index (χ2v) is 4.90. The fraction of sp³-hybridized carbons (Fsp3) is 0. The quantitative estimate of drug-likeness (QED) is 0.785. The number of para-hydroxylation sites is 1. The highest BCUT2D eigenvalue weighted by molar-refractivity contribution is 6.34. The third-order valence-electron chi connectivity index (χ3n) is 2.58. The summed E-state index contributed by atoms with van der Waals surface area (Å²) in [5.41, 5.74) is 0.465. The van der Waals surface area contributed by atoms with Crippen LogP contribution in [0.4, 0.5) is 16.2 Å². The maximum Gasteiger partial charge on any atom is 0.337 e. The van der Waals surface area contributed by atoms with E-state index in [-0.39, 0.29) is 16.3 Å². The van der Waals surface area contributed by atoms with E-state index in [1.54, 1.807) is 24.3 Å². The van der Waals surface area contributed by atoms with Crippen LogP contribution >= 0.6 is 23.2 Å². The van der Waals surface area contributed by atoms with Crippen LogP contribution in [-0.2, 0) is 0 Å². The van der Waals surface area contributed by atoms with Crippen LogP contribution in [0.5, 0.6) is 0 Å². The van der Waals surface area contributed by atoms with Crippen LogP contribution in [0.3, 0.4) is 0 Å². The molecule has 108 valence electrons. The number of anilines is 2. The van der Waals surface area contributed by atoms with Gasteiger partial charge in [0, 0.05) is 10.7 Å². The molecule has 0 aliphatic carbocycles. The summed E-state index contributed by atoms with van der Waals surface area (Å²) in [6.07, 6.45) is 0. The van der Waals surface area contributed by atoms with E-state index >= 15 is 0 Å². The smallest absolute Gasteiger partial charge is 0.337 e. The Bertz CT molecular complexity index is 687. The van der Waals surface area contributed by atoms with Gasteiger partial charge in [0.1, 0.15) is 0 Å². The van der Waals surface area contributed by atoms with Crippen LogP contribution in [-0.4, -0.2) is 17.1 Å². The highest BCUT2D eigenvalue weighted by Crippen LogP contribution is 2.26. The van der Waals surface area contributed by atoms with Crippen molar-refractivity contribution in [2.75, 3.05) is 10.6 Å². The van der Waals surface area contributed by atoms with E-state index in [1.165, 1.54) is 18.2 Å². The molecule has 0 radical (unpaired) electrons. The van der Waals surface area contributed by atoms with Gasteiger partial charge in [-0.2, -0.15) is 0 Å². The van der Waals surface area contributed by atoms with E-state index in [1.807, 2.05) is 0 Å². The molecule has 2 amide bonds. The summed E-state index contributed by atoms with van der Waals surface area (Å²) in [6.45, 7) is 0. The van der Waals surface area contributed by atoms with Gasteiger partial charge in [-0.05, 0) is 36.4 Å². The molecule has 21 heavy (non-hydrogen) atoms. The third-order valence-corrected chi connectivity index (χ3v) is 3.15. The molecule has 0 aliphatic rings. The Morgan fingerprint density at radius 2 is 1.62 bits per heavy atom. The number of urea groups is 1. The van der Waals surface area contributed by atoms with Crippen molar-refractivity contribution in [3.63, 3.8) is 0 Å². The molecule has 0 saturated carbocycles. The van der Waals surface area contributed by atoms with Gasteiger partial charge in [-0.15, -0.1) is 0 Å². The van der Waals surface area contributed by atoms with Gasteiger partial charge in [0.15, 0.2) is 0 Å². The van der Waals surface area contributed by atoms with Crippen LogP contribution in [0, 0.1) is 0 Å². The summed E-state index contributed by atoms with van der Waals surface area (Å²) in [5, 5.41) is 14.7. The molecule has 3 N–H and O–H groups in total. The maximum absolute atomic E-state index is 11.9. The van der Waals surface area contributed by atoms with Gasteiger partial charge in [0.2, 0.25) is 0 Å². The van der Waals surface area contributed by atoms with Crippen molar-refractivity contribution in [1.82, 2.24) is 0 Å². The number of carbonyl (C=O) groups excluding carboxylic acids is 1. The van der Waals surface area contributed by atoms with Crippen LogP contribution < -0.4 is 10.6 Å². The van der Waals surface area contributed by atoms with Crippen LogP contribution in [0.15, 0.2) is 42.5 Å². The number of carboxylic acid groups (broad SMARTS) is 1. The number of aromatic carboxylic acids is 1. The van der Waals surface area contributed by atoms with Gasteiger partial charge in [-0.1, -0.05) is 29.3 Å². The van der Waals surface area contributed by atoms with Crippen molar-refractivity contribution in [2.24, 2.45) is 0 Å². The van der Waals surface area contributed by atoms with Gasteiger partial charge in [-0.3, -0.25) is 0 Å². The standard InChI is InChI=1S/C14H10Cl2N2O3/c15-8-4-6-9(7-5-8)17-14(21)18-12-10(13(19)20)2-1-3-11(12)16/h1-7H,(H,19,20)(H2,17,18,21). The number of carbonyl (C=O) groups is 2. The summed E-state index contributed by atoms with van der Waals surface area (Å²) >= 11 is 11.7. The van der Waals surface area contributed by atoms with E-state index in [2.05, 4.69) is 10.6 Å². The predicted molar refractivity (Wildman–Crippen MR) is 82.5 cm³/mol. The number of carboxylic acids is 1. The molecular weight excluding hydrogens is 315 g/mol. The SMILES string of the molecule is O=C(Nc1ccc(Cl)cc1)Nc1c(Cl)cccc1C(=O)O. The molecule has 5 nitrogen and oxygen atoms in total. The topological polar surface area (TPSA) is 78.4 Å². The molecule has 2 rings (SSSR count). The lowest BCUT2D eigenvalue weighted by Crippen LogP contribution is -2.21. The molecule has 0 heterocycles. The third kappa shape index (κ3) is 3.87. The molecule has 0 atom stereocenters. The average Bonchev–Trinajstić information content (AvgIpc) is 2.43. The lowest BCUT2D eigenvalue weighted by molar-refractivity contribution is 0.0698. The Morgan fingerprint density at radius 3 is 2.24 bits per heavy atom. The normalized spacial score (nSPS) is 10.0. The van der Waals surface area contributed by atoms with E-state index in [4.69, 9.17) is 28.3 Å². The minimum atomic E-state index is -1.18. The minimum absolute atomic E-state index is 0.0399. The summed E-state index contributed by atoms with van der Waals surface area (Å²) in [7, 11) is 0. The van der Waals surface area contributed by atoms with Crippen molar-refractivity contribution in [2.45, 2.75) is 0 Å². The van der Waals surface area contributed by atoms with Gasteiger partial charge < -0.3 is 15.7 Å². The van der Waals surface area contributed by atoms with Crippen LogP contribution in [0.2, 0.25) is 10.0 Å². The number of amides is 2. The van der Waals surface area contributed by atoms with E-state index < -0.39 is 12.0 Å². The first kappa shape index (κ1) is 15.2. The average molecular weight is 325 g/mol. The molecule has 0 bridgehead atoms. The highest BCUT2D eigenvalue weighted by Gasteiger charge is 2.15. The number of halogens is 2. The first-order valence-corrected chi connectivity index (χ1v) is 6.58. The predicted octanol–water partition coefficient (Wildman–Crippen LogP) is 4.34. The molecule has 2 aromatic rings. The molecule has 2 aromatic carbocycles. The highest BCUT2D eigenvalue weighted by atomic mass is 35.5. The Morgan fingerprint density at radius 1 is 0.952 bits per heavy atom. The zero-order valence-corrected chi connectivity index (χ0v) is 12.1. The molecule has 0 saturated heterocycles. The van der Waals surface area contributed by atoms with E-state index in [0.717, 1.165) is 0 Å². The number of rotatable bonds is 3. The second-order valence-electron chi connectivity index (χ2n) is 4.05. The largest absolute Gasteiger partial charge is 0.478 e. The molecule has 0 unspecified atom stereocenters.